The van der Waals surface area contributed by atoms with Gasteiger partial charge in [0.2, 0.25) is 5.76 Å². The molecule has 1 heterocycles. The molecule has 1 amide bonds. The number of halogens is 1. The van der Waals surface area contributed by atoms with Gasteiger partial charge in [-0.25, -0.2) is 4.79 Å². The minimum atomic E-state index is -0.967. The third kappa shape index (κ3) is 4.00. The molecule has 1 N–H and O–H groups in total. The Hall–Kier alpha value is -2.79. The van der Waals surface area contributed by atoms with Crippen LogP contribution in [-0.4, -0.2) is 18.0 Å². The summed E-state index contributed by atoms with van der Waals surface area (Å²) in [4.78, 5) is 24.3. The molecule has 0 spiro atoms. The minimum Gasteiger partial charge on any atom is -0.449 e. The molecule has 0 fully saturated rings. The number of ether oxygens (including phenoxy) is 1. The van der Waals surface area contributed by atoms with E-state index in [9.17, 15) is 9.59 Å². The first kappa shape index (κ1) is 17.0. The number of benzene rings is 2. The van der Waals surface area contributed by atoms with E-state index in [-0.39, 0.29) is 5.76 Å². The van der Waals surface area contributed by atoms with Crippen LogP contribution in [0.2, 0.25) is 5.02 Å². The van der Waals surface area contributed by atoms with Gasteiger partial charge in [0, 0.05) is 16.1 Å². The molecule has 3 rings (SSSR count). The highest BCUT2D eigenvalue weighted by atomic mass is 35.5. The molecule has 128 valence electrons. The van der Waals surface area contributed by atoms with Crippen molar-refractivity contribution in [3.63, 3.8) is 0 Å². The van der Waals surface area contributed by atoms with E-state index in [1.165, 1.54) is 13.0 Å². The molecule has 1 aromatic heterocycles. The smallest absolute Gasteiger partial charge is 0.375 e. The molecule has 0 saturated heterocycles. The zero-order chi connectivity index (χ0) is 18.0. The van der Waals surface area contributed by atoms with Crippen molar-refractivity contribution in [3.8, 4) is 0 Å². The van der Waals surface area contributed by atoms with Crippen LogP contribution in [0.4, 0.5) is 5.69 Å². The zero-order valence-electron chi connectivity index (χ0n) is 13.7. The fraction of sp³-hybridized carbons (Fsp3) is 0.158. The summed E-state index contributed by atoms with van der Waals surface area (Å²) in [7, 11) is 0. The summed E-state index contributed by atoms with van der Waals surface area (Å²) in [6.45, 7) is 3.46. The van der Waals surface area contributed by atoms with Crippen LogP contribution in [-0.2, 0) is 9.53 Å². The van der Waals surface area contributed by atoms with Gasteiger partial charge in [0.05, 0.1) is 0 Å². The van der Waals surface area contributed by atoms with Crippen LogP contribution in [0.15, 0.2) is 52.9 Å². The second kappa shape index (κ2) is 6.99. The molecule has 0 saturated carbocycles. The summed E-state index contributed by atoms with van der Waals surface area (Å²) in [6.07, 6.45) is -0.967. The lowest BCUT2D eigenvalue weighted by atomic mass is 10.2. The molecule has 0 aliphatic carbocycles. The van der Waals surface area contributed by atoms with Gasteiger partial charge in [-0.05, 0) is 50.2 Å². The molecule has 0 aliphatic heterocycles. The summed E-state index contributed by atoms with van der Waals surface area (Å²) in [5.74, 6) is -1.11. The Morgan fingerprint density at radius 2 is 1.84 bits per heavy atom. The highest BCUT2D eigenvalue weighted by Crippen LogP contribution is 2.23. The van der Waals surface area contributed by atoms with E-state index in [4.69, 9.17) is 20.8 Å². The van der Waals surface area contributed by atoms with E-state index in [1.807, 2.05) is 19.1 Å². The standard InChI is InChI=1S/C19H16ClNO4/c1-11-3-6-15(7-4-11)21-18(22)12(2)24-19(23)17-10-13-9-14(20)5-8-16(13)25-17/h3-10,12H,1-2H3,(H,21,22)/t12-/m1/s1. The van der Waals surface area contributed by atoms with Crippen molar-refractivity contribution >= 4 is 40.1 Å². The number of amides is 1. The van der Waals surface area contributed by atoms with Gasteiger partial charge in [0.25, 0.3) is 5.91 Å². The molecule has 6 heteroatoms. The first-order valence-electron chi connectivity index (χ1n) is 7.70. The predicted molar refractivity (Wildman–Crippen MR) is 95.9 cm³/mol. The summed E-state index contributed by atoms with van der Waals surface area (Å²) < 4.78 is 10.6. The maximum Gasteiger partial charge on any atom is 0.375 e. The molecule has 1 atom stereocenters. The lowest BCUT2D eigenvalue weighted by molar-refractivity contribution is -0.123. The number of carbonyl (C=O) groups excluding carboxylic acids is 2. The van der Waals surface area contributed by atoms with Gasteiger partial charge in [0.1, 0.15) is 5.58 Å². The van der Waals surface area contributed by atoms with Crippen LogP contribution in [0.3, 0.4) is 0 Å². The van der Waals surface area contributed by atoms with Gasteiger partial charge in [0.15, 0.2) is 6.10 Å². The van der Waals surface area contributed by atoms with Crippen molar-refractivity contribution in [2.24, 2.45) is 0 Å². The van der Waals surface area contributed by atoms with Crippen molar-refractivity contribution in [2.75, 3.05) is 5.32 Å². The number of furan rings is 1. The Kier molecular flexibility index (Phi) is 4.76. The van der Waals surface area contributed by atoms with Gasteiger partial charge in [-0.3, -0.25) is 4.79 Å². The Morgan fingerprint density at radius 1 is 1.12 bits per heavy atom. The van der Waals surface area contributed by atoms with Crippen LogP contribution in [0.25, 0.3) is 11.0 Å². The molecular weight excluding hydrogens is 342 g/mol. The van der Waals surface area contributed by atoms with Crippen molar-refractivity contribution in [1.29, 1.82) is 0 Å². The second-order valence-corrected chi connectivity index (χ2v) is 6.13. The highest BCUT2D eigenvalue weighted by molar-refractivity contribution is 6.31. The summed E-state index contributed by atoms with van der Waals surface area (Å²) in [5.41, 5.74) is 2.24. The first-order chi connectivity index (χ1) is 11.9. The normalized spacial score (nSPS) is 12.0. The average molecular weight is 358 g/mol. The fourth-order valence-corrected chi connectivity index (χ4v) is 2.45. The van der Waals surface area contributed by atoms with Gasteiger partial charge >= 0.3 is 5.97 Å². The third-order valence-corrected chi connectivity index (χ3v) is 3.89. The van der Waals surface area contributed by atoms with E-state index >= 15 is 0 Å². The van der Waals surface area contributed by atoms with Crippen LogP contribution in [0, 0.1) is 6.92 Å². The molecule has 0 aliphatic rings. The number of nitrogens with one attached hydrogen (secondary N) is 1. The Morgan fingerprint density at radius 3 is 2.56 bits per heavy atom. The second-order valence-electron chi connectivity index (χ2n) is 5.70. The monoisotopic (exact) mass is 357 g/mol. The molecule has 25 heavy (non-hydrogen) atoms. The van der Waals surface area contributed by atoms with Crippen LogP contribution < -0.4 is 5.32 Å². The first-order valence-corrected chi connectivity index (χ1v) is 8.08. The van der Waals surface area contributed by atoms with Crippen molar-refractivity contribution in [1.82, 2.24) is 0 Å². The lowest BCUT2D eigenvalue weighted by Crippen LogP contribution is -2.29. The maximum absolute atomic E-state index is 12.2. The molecule has 2 aromatic carbocycles. The maximum atomic E-state index is 12.2. The van der Waals surface area contributed by atoms with Crippen molar-refractivity contribution in [3.05, 3.63) is 64.9 Å². The van der Waals surface area contributed by atoms with E-state index in [2.05, 4.69) is 5.32 Å². The van der Waals surface area contributed by atoms with Crippen molar-refractivity contribution < 1.29 is 18.7 Å². The molecule has 5 nitrogen and oxygen atoms in total. The summed E-state index contributed by atoms with van der Waals surface area (Å²) >= 11 is 5.91. The van der Waals surface area contributed by atoms with Gasteiger partial charge in [-0.1, -0.05) is 29.3 Å². The van der Waals surface area contributed by atoms with E-state index in [0.29, 0.717) is 21.7 Å². The van der Waals surface area contributed by atoms with Gasteiger partial charge in [-0.15, -0.1) is 0 Å². The highest BCUT2D eigenvalue weighted by Gasteiger charge is 2.21. The molecule has 0 unspecified atom stereocenters. The van der Waals surface area contributed by atoms with Crippen LogP contribution in [0.5, 0.6) is 0 Å². The Balaban J connectivity index is 1.66. The van der Waals surface area contributed by atoms with Gasteiger partial charge in [-0.2, -0.15) is 0 Å². The van der Waals surface area contributed by atoms with Crippen molar-refractivity contribution in [2.45, 2.75) is 20.0 Å². The third-order valence-electron chi connectivity index (χ3n) is 3.65. The molecular formula is C19H16ClNO4. The molecule has 0 bridgehead atoms. The van der Waals surface area contributed by atoms with E-state index in [0.717, 1.165) is 5.56 Å². The summed E-state index contributed by atoms with van der Waals surface area (Å²) in [5, 5.41) is 3.93. The number of carbonyl (C=O) groups is 2. The number of esters is 1. The number of aryl methyl sites for hydroxylation is 1. The summed E-state index contributed by atoms with van der Waals surface area (Å²) in [6, 6.07) is 13.9. The average Bonchev–Trinajstić information content (AvgIpc) is 3.00. The minimum absolute atomic E-state index is 0.0206. The predicted octanol–water partition coefficient (Wildman–Crippen LogP) is 4.58. The number of fused-ring (bicyclic) bond motifs is 1. The topological polar surface area (TPSA) is 68.5 Å². The number of anilines is 1. The zero-order valence-corrected chi connectivity index (χ0v) is 14.5. The number of hydrogen-bond acceptors (Lipinski definition) is 4. The van der Waals surface area contributed by atoms with Crippen LogP contribution in [0.1, 0.15) is 23.0 Å². The largest absolute Gasteiger partial charge is 0.449 e. The number of hydrogen-bond donors (Lipinski definition) is 1. The fourth-order valence-electron chi connectivity index (χ4n) is 2.27. The Labute approximate surface area is 149 Å². The lowest BCUT2D eigenvalue weighted by Gasteiger charge is -2.12. The van der Waals surface area contributed by atoms with E-state index < -0.39 is 18.0 Å². The molecule has 0 radical (unpaired) electrons. The number of rotatable bonds is 4. The van der Waals surface area contributed by atoms with E-state index in [1.54, 1.807) is 30.3 Å². The quantitative estimate of drug-likeness (QED) is 0.694. The van der Waals surface area contributed by atoms with Gasteiger partial charge < -0.3 is 14.5 Å². The van der Waals surface area contributed by atoms with Crippen LogP contribution >= 0.6 is 11.6 Å². The SMILES string of the molecule is Cc1ccc(NC(=O)[C@@H](C)OC(=O)c2cc3cc(Cl)ccc3o2)cc1. The molecule has 3 aromatic rings. The Bertz CT molecular complexity index is 930.